The quantitative estimate of drug-likeness (QED) is 0.549. The predicted octanol–water partition coefficient (Wildman–Crippen LogP) is 4.78. The van der Waals surface area contributed by atoms with Crippen LogP contribution in [0.2, 0.25) is 5.02 Å². The first-order valence-electron chi connectivity index (χ1n) is 9.11. The molecule has 0 aliphatic carbocycles. The normalized spacial score (nSPS) is 11.0. The Bertz CT molecular complexity index is 1140. The summed E-state index contributed by atoms with van der Waals surface area (Å²) in [5, 5.41) is 3.18. The molecule has 0 saturated heterocycles. The molecule has 0 atom stereocenters. The molecule has 0 heterocycles. The Labute approximate surface area is 180 Å². The number of carbonyl (C=O) groups excluding carboxylic acids is 1. The van der Waals surface area contributed by atoms with Gasteiger partial charge in [-0.25, -0.2) is 8.42 Å². The molecule has 0 unspecified atom stereocenters. The molecule has 6 nitrogen and oxygen atoms in total. The Morgan fingerprint density at radius 3 is 2.23 bits per heavy atom. The minimum absolute atomic E-state index is 0.0948. The van der Waals surface area contributed by atoms with Crippen molar-refractivity contribution in [3.63, 3.8) is 0 Å². The summed E-state index contributed by atoms with van der Waals surface area (Å²) in [5.74, 6) is 0.0204. The summed E-state index contributed by atoms with van der Waals surface area (Å²) in [7, 11) is -3.74. The lowest BCUT2D eigenvalue weighted by atomic mass is 10.1. The van der Waals surface area contributed by atoms with Gasteiger partial charge in [-0.15, -0.1) is 0 Å². The predicted molar refractivity (Wildman–Crippen MR) is 119 cm³/mol. The number of amides is 1. The van der Waals surface area contributed by atoms with Crippen molar-refractivity contribution in [2.75, 3.05) is 16.6 Å². The second-order valence-corrected chi connectivity index (χ2v) is 8.92. The van der Waals surface area contributed by atoms with Gasteiger partial charge in [-0.2, -0.15) is 0 Å². The number of anilines is 2. The van der Waals surface area contributed by atoms with Crippen LogP contribution in [0.5, 0.6) is 5.75 Å². The Morgan fingerprint density at radius 2 is 1.60 bits per heavy atom. The maximum Gasteiger partial charge on any atom is 0.262 e. The topological polar surface area (TPSA) is 84.5 Å². The van der Waals surface area contributed by atoms with Crippen molar-refractivity contribution in [3.8, 4) is 5.75 Å². The molecule has 156 valence electrons. The Morgan fingerprint density at radius 1 is 0.933 bits per heavy atom. The average molecular weight is 445 g/mol. The van der Waals surface area contributed by atoms with Crippen LogP contribution in [0, 0.1) is 13.8 Å². The molecule has 0 aliphatic rings. The summed E-state index contributed by atoms with van der Waals surface area (Å²) < 4.78 is 33.2. The van der Waals surface area contributed by atoms with Gasteiger partial charge in [0.05, 0.1) is 4.90 Å². The van der Waals surface area contributed by atoms with Crippen molar-refractivity contribution >= 4 is 38.9 Å². The van der Waals surface area contributed by atoms with Gasteiger partial charge in [-0.3, -0.25) is 9.52 Å². The van der Waals surface area contributed by atoms with Crippen molar-refractivity contribution in [2.24, 2.45) is 0 Å². The molecule has 0 bridgehead atoms. The summed E-state index contributed by atoms with van der Waals surface area (Å²) in [6.07, 6.45) is 0. The third-order valence-corrected chi connectivity index (χ3v) is 5.72. The molecule has 0 saturated carbocycles. The third kappa shape index (κ3) is 5.98. The van der Waals surface area contributed by atoms with Gasteiger partial charge in [0.1, 0.15) is 5.75 Å². The zero-order valence-corrected chi connectivity index (χ0v) is 18.0. The fraction of sp³-hybridized carbons (Fsp3) is 0.136. The van der Waals surface area contributed by atoms with Crippen LogP contribution in [0.4, 0.5) is 11.4 Å². The van der Waals surface area contributed by atoms with E-state index in [1.807, 2.05) is 19.9 Å². The van der Waals surface area contributed by atoms with Crippen LogP contribution in [-0.4, -0.2) is 20.9 Å². The fourth-order valence-electron chi connectivity index (χ4n) is 2.87. The minimum Gasteiger partial charge on any atom is -0.484 e. The number of rotatable bonds is 7. The van der Waals surface area contributed by atoms with Crippen LogP contribution in [0.1, 0.15) is 11.1 Å². The highest BCUT2D eigenvalue weighted by molar-refractivity contribution is 7.92. The van der Waals surface area contributed by atoms with E-state index in [1.165, 1.54) is 24.3 Å². The number of carbonyl (C=O) groups is 1. The summed E-state index contributed by atoms with van der Waals surface area (Å²) in [4.78, 5) is 12.1. The van der Waals surface area contributed by atoms with E-state index >= 15 is 0 Å². The monoisotopic (exact) mass is 444 g/mol. The molecule has 0 fully saturated rings. The highest BCUT2D eigenvalue weighted by Gasteiger charge is 2.15. The molecule has 0 radical (unpaired) electrons. The van der Waals surface area contributed by atoms with Gasteiger partial charge in [0.2, 0.25) is 0 Å². The molecule has 0 spiro atoms. The zero-order valence-electron chi connectivity index (χ0n) is 16.5. The summed E-state index contributed by atoms with van der Waals surface area (Å²) in [6, 6.07) is 18.1. The number of nitrogens with one attached hydrogen (secondary N) is 2. The highest BCUT2D eigenvalue weighted by atomic mass is 35.5. The lowest BCUT2D eigenvalue weighted by Crippen LogP contribution is -2.20. The minimum atomic E-state index is -3.74. The lowest BCUT2D eigenvalue weighted by Gasteiger charge is -2.11. The van der Waals surface area contributed by atoms with Crippen LogP contribution < -0.4 is 14.8 Å². The second-order valence-electron chi connectivity index (χ2n) is 6.80. The first-order valence-corrected chi connectivity index (χ1v) is 11.0. The number of benzene rings is 3. The van der Waals surface area contributed by atoms with Crippen LogP contribution >= 0.6 is 11.6 Å². The van der Waals surface area contributed by atoms with E-state index < -0.39 is 10.0 Å². The van der Waals surface area contributed by atoms with E-state index in [1.54, 1.807) is 36.4 Å². The van der Waals surface area contributed by atoms with Gasteiger partial charge >= 0.3 is 0 Å². The van der Waals surface area contributed by atoms with Crippen molar-refractivity contribution in [2.45, 2.75) is 18.7 Å². The van der Waals surface area contributed by atoms with Crippen LogP contribution in [0.15, 0.2) is 71.6 Å². The first-order chi connectivity index (χ1) is 14.2. The van der Waals surface area contributed by atoms with E-state index in [2.05, 4.69) is 10.0 Å². The first kappa shape index (κ1) is 21.7. The molecule has 3 aromatic rings. The maximum atomic E-state index is 12.6. The second kappa shape index (κ2) is 9.19. The van der Waals surface area contributed by atoms with Gasteiger partial charge in [0, 0.05) is 16.4 Å². The fourth-order valence-corrected chi connectivity index (χ4v) is 4.11. The molecule has 30 heavy (non-hydrogen) atoms. The molecule has 1 amide bonds. The number of sulfonamides is 1. The van der Waals surface area contributed by atoms with E-state index in [9.17, 15) is 13.2 Å². The Kier molecular flexibility index (Phi) is 6.64. The number of ether oxygens (including phenoxy) is 1. The standard InChI is InChI=1S/C22H21ClN2O4S/c1-15-10-16(2)12-19(11-15)25-30(27,28)21-8-6-20(7-9-21)29-14-22(26)24-18-5-3-4-17(23)13-18/h3-13,25H,14H2,1-2H3,(H,24,26). The van der Waals surface area contributed by atoms with Gasteiger partial charge in [0.25, 0.3) is 15.9 Å². The van der Waals surface area contributed by atoms with Gasteiger partial charge in [0.15, 0.2) is 6.61 Å². The largest absolute Gasteiger partial charge is 0.484 e. The number of aryl methyl sites for hydroxylation is 2. The van der Waals surface area contributed by atoms with E-state index in [0.717, 1.165) is 11.1 Å². The van der Waals surface area contributed by atoms with Gasteiger partial charge in [-0.1, -0.05) is 23.7 Å². The molecule has 3 rings (SSSR count). The summed E-state index contributed by atoms with van der Waals surface area (Å²) in [6.45, 7) is 3.58. The lowest BCUT2D eigenvalue weighted by molar-refractivity contribution is -0.118. The van der Waals surface area contributed by atoms with E-state index in [4.69, 9.17) is 16.3 Å². The van der Waals surface area contributed by atoms with Crippen molar-refractivity contribution in [1.29, 1.82) is 0 Å². The van der Waals surface area contributed by atoms with Crippen molar-refractivity contribution in [1.82, 2.24) is 0 Å². The van der Waals surface area contributed by atoms with Crippen LogP contribution in [-0.2, 0) is 14.8 Å². The average Bonchev–Trinajstić information content (AvgIpc) is 2.65. The maximum absolute atomic E-state index is 12.6. The third-order valence-electron chi connectivity index (χ3n) is 4.09. The molecular formula is C22H21ClN2O4S. The highest BCUT2D eigenvalue weighted by Crippen LogP contribution is 2.21. The number of halogens is 1. The van der Waals surface area contributed by atoms with Gasteiger partial charge < -0.3 is 10.1 Å². The molecule has 0 aliphatic heterocycles. The number of hydrogen-bond donors (Lipinski definition) is 2. The van der Waals surface area contributed by atoms with Crippen molar-refractivity contribution in [3.05, 3.63) is 82.9 Å². The summed E-state index contributed by atoms with van der Waals surface area (Å²) in [5.41, 5.74) is 3.00. The van der Waals surface area contributed by atoms with E-state index in [0.29, 0.717) is 22.1 Å². The Balaban J connectivity index is 1.60. The smallest absolute Gasteiger partial charge is 0.262 e. The molecular weight excluding hydrogens is 424 g/mol. The van der Waals surface area contributed by atoms with E-state index in [-0.39, 0.29) is 17.4 Å². The zero-order chi connectivity index (χ0) is 21.7. The number of hydrogen-bond acceptors (Lipinski definition) is 4. The Hall–Kier alpha value is -3.03. The van der Waals surface area contributed by atoms with Crippen LogP contribution in [0.25, 0.3) is 0 Å². The molecule has 2 N–H and O–H groups in total. The summed E-state index contributed by atoms with van der Waals surface area (Å²) >= 11 is 5.88. The van der Waals surface area contributed by atoms with Crippen molar-refractivity contribution < 1.29 is 17.9 Å². The molecule has 8 heteroatoms. The van der Waals surface area contributed by atoms with Crippen LogP contribution in [0.3, 0.4) is 0 Å². The van der Waals surface area contributed by atoms with Gasteiger partial charge in [-0.05, 0) is 79.6 Å². The molecule has 3 aromatic carbocycles. The SMILES string of the molecule is Cc1cc(C)cc(NS(=O)(=O)c2ccc(OCC(=O)Nc3cccc(Cl)c3)cc2)c1. The molecule has 0 aromatic heterocycles.